The largest absolute Gasteiger partial charge is 0.336 e. The Morgan fingerprint density at radius 3 is 3.00 bits per heavy atom. The fourth-order valence-corrected chi connectivity index (χ4v) is 1.48. The molecule has 2 amide bonds. The van der Waals surface area contributed by atoms with Crippen LogP contribution in [0.4, 0.5) is 4.79 Å². The molecule has 0 saturated carbocycles. The maximum atomic E-state index is 10.9. The van der Waals surface area contributed by atoms with Crippen LogP contribution in [0.1, 0.15) is 17.2 Å². The fourth-order valence-electron chi connectivity index (χ4n) is 1.48. The van der Waals surface area contributed by atoms with Gasteiger partial charge >= 0.3 is 6.03 Å². The molecule has 0 unspecified atom stereocenters. The topological polar surface area (TPSA) is 64.9 Å². The molecule has 0 aliphatic carbocycles. The number of carbonyl (C=O) groups excluding carboxylic acids is 1. The highest BCUT2D eigenvalue weighted by atomic mass is 16.2. The molecule has 1 heterocycles. The van der Waals surface area contributed by atoms with Crippen molar-refractivity contribution in [1.82, 2.24) is 10.6 Å². The van der Waals surface area contributed by atoms with Crippen LogP contribution in [0.5, 0.6) is 0 Å². The maximum absolute atomic E-state index is 10.9. The van der Waals surface area contributed by atoms with Gasteiger partial charge in [-0.25, -0.2) is 4.79 Å². The van der Waals surface area contributed by atoms with Gasteiger partial charge in [-0.15, -0.1) is 0 Å². The first-order valence-electron chi connectivity index (χ1n) is 4.34. The van der Waals surface area contributed by atoms with E-state index in [2.05, 4.69) is 16.7 Å². The van der Waals surface area contributed by atoms with E-state index in [1.54, 1.807) is 12.1 Å². The van der Waals surface area contributed by atoms with Crippen molar-refractivity contribution in [2.24, 2.45) is 0 Å². The smallest absolute Gasteiger partial charge is 0.315 e. The first-order valence-corrected chi connectivity index (χ1v) is 4.34. The molecule has 0 spiro atoms. The summed E-state index contributed by atoms with van der Waals surface area (Å²) in [7, 11) is 0. The molecule has 1 atom stereocenters. The van der Waals surface area contributed by atoms with E-state index in [-0.39, 0.29) is 12.1 Å². The Bertz CT molecular complexity index is 408. The van der Waals surface area contributed by atoms with E-state index in [0.29, 0.717) is 12.1 Å². The minimum atomic E-state index is -0.155. The zero-order valence-corrected chi connectivity index (χ0v) is 7.45. The average Bonchev–Trinajstić information content (AvgIpc) is 2.65. The Kier molecular flexibility index (Phi) is 2.07. The highest BCUT2D eigenvalue weighted by Crippen LogP contribution is 2.16. The summed E-state index contributed by atoms with van der Waals surface area (Å²) in [6.07, 6.45) is 0. The molecule has 1 fully saturated rings. The average molecular weight is 187 g/mol. The SMILES string of the molecule is N#Cc1cccc([C@H]2CNC(=O)N2)c1. The Labute approximate surface area is 81.5 Å². The van der Waals surface area contributed by atoms with Gasteiger partial charge in [0.2, 0.25) is 0 Å². The predicted molar refractivity (Wildman–Crippen MR) is 50.4 cm³/mol. The summed E-state index contributed by atoms with van der Waals surface area (Å²) in [5.41, 5.74) is 1.58. The number of benzene rings is 1. The number of nitriles is 1. The summed E-state index contributed by atoms with van der Waals surface area (Å²) < 4.78 is 0. The molecule has 2 rings (SSSR count). The van der Waals surface area contributed by atoms with Gasteiger partial charge in [-0.05, 0) is 17.7 Å². The highest BCUT2D eigenvalue weighted by Gasteiger charge is 2.21. The first kappa shape index (κ1) is 8.57. The Hall–Kier alpha value is -2.02. The normalized spacial score (nSPS) is 19.6. The van der Waals surface area contributed by atoms with Crippen LogP contribution < -0.4 is 10.6 Å². The molecule has 14 heavy (non-hydrogen) atoms. The molecular weight excluding hydrogens is 178 g/mol. The summed E-state index contributed by atoms with van der Waals surface area (Å²) in [4.78, 5) is 10.9. The van der Waals surface area contributed by atoms with Crippen molar-refractivity contribution in [2.45, 2.75) is 6.04 Å². The van der Waals surface area contributed by atoms with Crippen molar-refractivity contribution < 1.29 is 4.79 Å². The van der Waals surface area contributed by atoms with Gasteiger partial charge < -0.3 is 10.6 Å². The second-order valence-electron chi connectivity index (χ2n) is 3.14. The lowest BCUT2D eigenvalue weighted by atomic mass is 10.1. The second-order valence-corrected chi connectivity index (χ2v) is 3.14. The lowest BCUT2D eigenvalue weighted by Gasteiger charge is -2.08. The van der Waals surface area contributed by atoms with Crippen molar-refractivity contribution in [1.29, 1.82) is 5.26 Å². The number of amides is 2. The van der Waals surface area contributed by atoms with Crippen LogP contribution in [-0.2, 0) is 0 Å². The fraction of sp³-hybridized carbons (Fsp3) is 0.200. The lowest BCUT2D eigenvalue weighted by molar-refractivity contribution is 0.247. The molecule has 1 aliphatic heterocycles. The van der Waals surface area contributed by atoms with Crippen LogP contribution in [0, 0.1) is 11.3 Å². The van der Waals surface area contributed by atoms with Gasteiger partial charge in [-0.2, -0.15) is 5.26 Å². The molecule has 2 N–H and O–H groups in total. The number of nitrogens with zero attached hydrogens (tertiary/aromatic N) is 1. The summed E-state index contributed by atoms with van der Waals surface area (Å²) in [6, 6.07) is 9.15. The van der Waals surface area contributed by atoms with E-state index in [0.717, 1.165) is 5.56 Å². The molecule has 0 aromatic heterocycles. The highest BCUT2D eigenvalue weighted by molar-refractivity contribution is 5.76. The van der Waals surface area contributed by atoms with Gasteiger partial charge in [-0.1, -0.05) is 12.1 Å². The molecule has 0 bridgehead atoms. The molecule has 4 heteroatoms. The number of nitrogens with one attached hydrogen (secondary N) is 2. The van der Waals surface area contributed by atoms with Gasteiger partial charge in [0.25, 0.3) is 0 Å². The van der Waals surface area contributed by atoms with Crippen LogP contribution in [0.15, 0.2) is 24.3 Å². The molecule has 1 saturated heterocycles. The van der Waals surface area contributed by atoms with Crippen molar-refractivity contribution in [3.8, 4) is 6.07 Å². The maximum Gasteiger partial charge on any atom is 0.315 e. The summed E-state index contributed by atoms with van der Waals surface area (Å²) in [6.45, 7) is 0.577. The van der Waals surface area contributed by atoms with Crippen LogP contribution in [0.2, 0.25) is 0 Å². The third kappa shape index (κ3) is 1.52. The molecule has 70 valence electrons. The zero-order valence-electron chi connectivity index (χ0n) is 7.45. The molecule has 0 radical (unpaired) electrons. The van der Waals surface area contributed by atoms with Gasteiger partial charge in [-0.3, -0.25) is 0 Å². The van der Waals surface area contributed by atoms with Gasteiger partial charge in [0.1, 0.15) is 0 Å². The molecule has 4 nitrogen and oxygen atoms in total. The van der Waals surface area contributed by atoms with E-state index in [1.807, 2.05) is 12.1 Å². The van der Waals surface area contributed by atoms with Gasteiger partial charge in [0, 0.05) is 6.54 Å². The minimum absolute atomic E-state index is 0.0178. The van der Waals surface area contributed by atoms with E-state index in [4.69, 9.17) is 5.26 Å². The van der Waals surface area contributed by atoms with Crippen molar-refractivity contribution >= 4 is 6.03 Å². The van der Waals surface area contributed by atoms with E-state index >= 15 is 0 Å². The van der Waals surface area contributed by atoms with Crippen LogP contribution >= 0.6 is 0 Å². The molecule has 1 aromatic carbocycles. The van der Waals surface area contributed by atoms with Gasteiger partial charge in [0.05, 0.1) is 17.7 Å². The number of urea groups is 1. The van der Waals surface area contributed by atoms with Crippen molar-refractivity contribution in [3.05, 3.63) is 35.4 Å². The Morgan fingerprint density at radius 2 is 2.36 bits per heavy atom. The zero-order chi connectivity index (χ0) is 9.97. The Morgan fingerprint density at radius 1 is 1.50 bits per heavy atom. The molecule has 1 aromatic rings. The van der Waals surface area contributed by atoms with Crippen LogP contribution in [0.25, 0.3) is 0 Å². The van der Waals surface area contributed by atoms with Crippen molar-refractivity contribution in [3.63, 3.8) is 0 Å². The van der Waals surface area contributed by atoms with E-state index < -0.39 is 0 Å². The van der Waals surface area contributed by atoms with E-state index in [1.165, 1.54) is 0 Å². The molecular formula is C10H9N3O. The number of hydrogen-bond acceptors (Lipinski definition) is 2. The van der Waals surface area contributed by atoms with Crippen molar-refractivity contribution in [2.75, 3.05) is 6.54 Å². The predicted octanol–water partition coefficient (Wildman–Crippen LogP) is 0.912. The minimum Gasteiger partial charge on any atom is -0.336 e. The Balaban J connectivity index is 2.24. The van der Waals surface area contributed by atoms with E-state index in [9.17, 15) is 4.79 Å². The monoisotopic (exact) mass is 187 g/mol. The number of carbonyl (C=O) groups is 1. The van der Waals surface area contributed by atoms with Crippen LogP contribution in [0.3, 0.4) is 0 Å². The third-order valence-electron chi connectivity index (χ3n) is 2.19. The standard InChI is InChI=1S/C10H9N3O/c11-5-7-2-1-3-8(4-7)9-6-12-10(14)13-9/h1-4,9H,6H2,(H2,12,13,14)/t9-/m1/s1. The first-order chi connectivity index (χ1) is 6.79. The summed E-state index contributed by atoms with van der Waals surface area (Å²) in [5, 5.41) is 14.1. The quantitative estimate of drug-likeness (QED) is 0.686. The number of rotatable bonds is 1. The third-order valence-corrected chi connectivity index (χ3v) is 2.19. The second kappa shape index (κ2) is 3.38. The summed E-state index contributed by atoms with van der Waals surface area (Å²) >= 11 is 0. The molecule has 1 aliphatic rings. The van der Waals surface area contributed by atoms with Gasteiger partial charge in [0.15, 0.2) is 0 Å². The van der Waals surface area contributed by atoms with Crippen LogP contribution in [-0.4, -0.2) is 12.6 Å². The number of hydrogen-bond donors (Lipinski definition) is 2. The summed E-state index contributed by atoms with van der Waals surface area (Å²) in [5.74, 6) is 0. The lowest BCUT2D eigenvalue weighted by Crippen LogP contribution is -2.21.